The molecule has 0 saturated carbocycles. The molecule has 3 aromatic rings. The second-order valence-corrected chi connectivity index (χ2v) is 6.20. The maximum Gasteiger partial charge on any atom is 0.125 e. The lowest BCUT2D eigenvalue weighted by atomic mass is 10.1. The first-order valence-electron chi connectivity index (χ1n) is 6.93. The van der Waals surface area contributed by atoms with Gasteiger partial charge in [0, 0.05) is 17.2 Å². The van der Waals surface area contributed by atoms with Gasteiger partial charge < -0.3 is 5.73 Å². The molecular formula is C17H18ClN3S. The molecule has 0 aliphatic carbocycles. The Balaban J connectivity index is 0.00000176. The van der Waals surface area contributed by atoms with E-state index in [0.717, 1.165) is 21.7 Å². The van der Waals surface area contributed by atoms with Crippen molar-refractivity contribution < 1.29 is 0 Å². The normalized spacial score (nSPS) is 11.7. The van der Waals surface area contributed by atoms with Crippen LogP contribution in [0.3, 0.4) is 0 Å². The molecule has 0 spiro atoms. The van der Waals surface area contributed by atoms with Crippen molar-refractivity contribution in [3.63, 3.8) is 0 Å². The minimum Gasteiger partial charge on any atom is -0.383 e. The van der Waals surface area contributed by atoms with Crippen LogP contribution in [0.15, 0.2) is 53.5 Å². The van der Waals surface area contributed by atoms with Crippen LogP contribution in [0.1, 0.15) is 19.4 Å². The van der Waals surface area contributed by atoms with E-state index < -0.39 is 0 Å². The number of nitrogens with zero attached hydrogens (tertiary/aromatic N) is 2. The monoisotopic (exact) mass is 331 g/mol. The van der Waals surface area contributed by atoms with Gasteiger partial charge in [0.15, 0.2) is 0 Å². The van der Waals surface area contributed by atoms with Gasteiger partial charge in [-0.2, -0.15) is 0 Å². The van der Waals surface area contributed by atoms with Crippen LogP contribution in [-0.2, 0) is 0 Å². The van der Waals surface area contributed by atoms with Crippen LogP contribution in [0.2, 0.25) is 0 Å². The highest BCUT2D eigenvalue weighted by Crippen LogP contribution is 2.29. The number of para-hydroxylation sites is 1. The molecule has 1 heterocycles. The molecule has 1 aromatic heterocycles. The highest BCUT2D eigenvalue weighted by Gasteiger charge is 2.06. The number of aromatic nitrogens is 1. The van der Waals surface area contributed by atoms with Gasteiger partial charge in [-0.05, 0) is 26.0 Å². The number of aliphatic imine (C=N–C) groups is 1. The van der Waals surface area contributed by atoms with Gasteiger partial charge in [-0.25, -0.2) is 4.98 Å². The Morgan fingerprint density at radius 3 is 2.41 bits per heavy atom. The van der Waals surface area contributed by atoms with Crippen LogP contribution in [0.4, 0.5) is 0 Å². The second-order valence-electron chi connectivity index (χ2n) is 5.17. The van der Waals surface area contributed by atoms with E-state index in [1.54, 1.807) is 11.3 Å². The van der Waals surface area contributed by atoms with Gasteiger partial charge in [0.1, 0.15) is 10.8 Å². The van der Waals surface area contributed by atoms with E-state index in [9.17, 15) is 0 Å². The van der Waals surface area contributed by atoms with Crippen molar-refractivity contribution in [3.8, 4) is 10.6 Å². The summed E-state index contributed by atoms with van der Waals surface area (Å²) in [6.45, 7) is 4.03. The number of hydrogen-bond donors (Lipinski definition) is 1. The molecule has 3 nitrogen and oxygen atoms in total. The zero-order valence-electron chi connectivity index (χ0n) is 12.5. The van der Waals surface area contributed by atoms with Crippen LogP contribution in [0.5, 0.6) is 0 Å². The molecule has 0 amide bonds. The molecule has 22 heavy (non-hydrogen) atoms. The highest BCUT2D eigenvalue weighted by atomic mass is 35.5. The number of benzene rings is 2. The summed E-state index contributed by atoms with van der Waals surface area (Å²) in [6, 6.07) is 16.5. The molecule has 5 heteroatoms. The van der Waals surface area contributed by atoms with Crippen molar-refractivity contribution in [2.45, 2.75) is 19.9 Å². The summed E-state index contributed by atoms with van der Waals surface area (Å²) in [4.78, 5) is 9.03. The smallest absolute Gasteiger partial charge is 0.125 e. The van der Waals surface area contributed by atoms with Crippen LogP contribution in [0.25, 0.3) is 20.8 Å². The van der Waals surface area contributed by atoms with Crippen LogP contribution in [-0.4, -0.2) is 16.9 Å². The average Bonchev–Trinajstić information content (AvgIpc) is 2.90. The molecule has 0 saturated heterocycles. The van der Waals surface area contributed by atoms with E-state index in [4.69, 9.17) is 5.73 Å². The minimum absolute atomic E-state index is 0. The van der Waals surface area contributed by atoms with Gasteiger partial charge >= 0.3 is 0 Å². The number of fused-ring (bicyclic) bond motifs is 1. The Bertz CT molecular complexity index is 758. The average molecular weight is 332 g/mol. The molecule has 3 rings (SSSR count). The van der Waals surface area contributed by atoms with E-state index in [-0.39, 0.29) is 18.4 Å². The molecule has 2 N–H and O–H groups in total. The first kappa shape index (κ1) is 16.5. The zero-order valence-corrected chi connectivity index (χ0v) is 14.1. The third-order valence-corrected chi connectivity index (χ3v) is 4.20. The molecule has 0 aliphatic rings. The van der Waals surface area contributed by atoms with E-state index in [1.165, 1.54) is 4.70 Å². The Morgan fingerprint density at radius 2 is 1.77 bits per heavy atom. The standard InChI is InChI=1S/C17H17N3S.ClH/c1-11(2)19-16(18)12-7-9-13(10-8-12)17-20-14-5-3-4-6-15(14)21-17;/h3-11H,1-2H3,(H2,18,19);1H. The van der Waals surface area contributed by atoms with Crippen molar-refractivity contribution in [1.82, 2.24) is 4.98 Å². The van der Waals surface area contributed by atoms with Crippen LogP contribution in [0, 0.1) is 0 Å². The fourth-order valence-corrected chi connectivity index (χ4v) is 3.10. The molecule has 0 radical (unpaired) electrons. The van der Waals surface area contributed by atoms with E-state index in [1.807, 2.05) is 44.2 Å². The number of thiazole rings is 1. The third-order valence-electron chi connectivity index (χ3n) is 3.12. The Morgan fingerprint density at radius 1 is 1.09 bits per heavy atom. The summed E-state index contributed by atoms with van der Waals surface area (Å²) >= 11 is 1.70. The summed E-state index contributed by atoms with van der Waals surface area (Å²) in [6.07, 6.45) is 0. The third kappa shape index (κ3) is 3.46. The molecule has 0 unspecified atom stereocenters. The Labute approximate surface area is 140 Å². The van der Waals surface area contributed by atoms with Crippen molar-refractivity contribution in [2.24, 2.45) is 10.7 Å². The lowest BCUT2D eigenvalue weighted by Crippen LogP contribution is -2.15. The van der Waals surface area contributed by atoms with Crippen LogP contribution >= 0.6 is 23.7 Å². The summed E-state index contributed by atoms with van der Waals surface area (Å²) in [5.74, 6) is 0.584. The minimum atomic E-state index is 0. The SMILES string of the molecule is CC(C)N=C(N)c1ccc(-c2nc3ccccc3s2)cc1.Cl. The predicted molar refractivity (Wildman–Crippen MR) is 98.2 cm³/mol. The van der Waals surface area contributed by atoms with E-state index >= 15 is 0 Å². The number of rotatable bonds is 3. The quantitative estimate of drug-likeness (QED) is 0.567. The fourth-order valence-electron chi connectivity index (χ4n) is 2.13. The maximum absolute atomic E-state index is 5.98. The lowest BCUT2D eigenvalue weighted by Gasteiger charge is -2.04. The summed E-state index contributed by atoms with van der Waals surface area (Å²) in [5, 5.41) is 1.03. The molecular weight excluding hydrogens is 314 g/mol. The van der Waals surface area contributed by atoms with Gasteiger partial charge in [0.05, 0.1) is 10.2 Å². The predicted octanol–water partition coefficient (Wildman–Crippen LogP) is 4.50. The summed E-state index contributed by atoms with van der Waals surface area (Å²) in [7, 11) is 0. The van der Waals surface area contributed by atoms with Gasteiger partial charge in [-0.1, -0.05) is 36.4 Å². The van der Waals surface area contributed by atoms with Crippen LogP contribution < -0.4 is 5.73 Å². The number of halogens is 1. The zero-order chi connectivity index (χ0) is 14.8. The topological polar surface area (TPSA) is 51.3 Å². The molecule has 0 aliphatic heterocycles. The Hall–Kier alpha value is -1.91. The van der Waals surface area contributed by atoms with Gasteiger partial charge in [-0.3, -0.25) is 4.99 Å². The maximum atomic E-state index is 5.98. The first-order chi connectivity index (χ1) is 10.1. The van der Waals surface area contributed by atoms with Crippen molar-refractivity contribution in [3.05, 3.63) is 54.1 Å². The van der Waals surface area contributed by atoms with Crippen molar-refractivity contribution >= 4 is 39.8 Å². The summed E-state index contributed by atoms with van der Waals surface area (Å²) in [5.41, 5.74) is 9.09. The molecule has 0 fully saturated rings. The van der Waals surface area contributed by atoms with Crippen molar-refractivity contribution in [1.29, 1.82) is 0 Å². The lowest BCUT2D eigenvalue weighted by molar-refractivity contribution is 0.834. The molecule has 2 aromatic carbocycles. The van der Waals surface area contributed by atoms with Gasteiger partial charge in [-0.15, -0.1) is 23.7 Å². The number of amidine groups is 1. The summed E-state index contributed by atoms with van der Waals surface area (Å²) < 4.78 is 1.21. The molecule has 0 bridgehead atoms. The van der Waals surface area contributed by atoms with Gasteiger partial charge in [0.25, 0.3) is 0 Å². The molecule has 114 valence electrons. The molecule has 0 atom stereocenters. The van der Waals surface area contributed by atoms with Crippen molar-refractivity contribution in [2.75, 3.05) is 0 Å². The highest BCUT2D eigenvalue weighted by molar-refractivity contribution is 7.21. The second kappa shape index (κ2) is 6.90. The number of nitrogens with two attached hydrogens (primary N) is 1. The van der Waals surface area contributed by atoms with E-state index in [2.05, 4.69) is 28.2 Å². The van der Waals surface area contributed by atoms with Gasteiger partial charge in [0.2, 0.25) is 0 Å². The number of hydrogen-bond acceptors (Lipinski definition) is 3. The largest absolute Gasteiger partial charge is 0.383 e. The fraction of sp³-hybridized carbons (Fsp3) is 0.176. The Kier molecular flexibility index (Phi) is 5.16. The first-order valence-corrected chi connectivity index (χ1v) is 7.75. The van der Waals surface area contributed by atoms with E-state index in [0.29, 0.717) is 5.84 Å².